The highest BCUT2D eigenvalue weighted by Gasteiger charge is 2.15. The number of nitrogens with zero attached hydrogens (tertiary/aromatic N) is 1. The average Bonchev–Trinajstić information content (AvgIpc) is 2.42. The van der Waals surface area contributed by atoms with Crippen LogP contribution in [0.2, 0.25) is 0 Å². The van der Waals surface area contributed by atoms with Gasteiger partial charge in [0.2, 0.25) is 0 Å². The highest BCUT2D eigenvalue weighted by Crippen LogP contribution is 2.26. The van der Waals surface area contributed by atoms with E-state index >= 15 is 0 Å². The number of aromatic nitrogens is 1. The Balaban J connectivity index is 2.37. The number of nitrogens with one attached hydrogen (secondary N) is 1. The molecular formula is C17H24N2. The molecule has 0 spiro atoms. The average molecular weight is 256 g/mol. The zero-order chi connectivity index (χ0) is 13.7. The second-order valence-electron chi connectivity index (χ2n) is 5.44. The second kappa shape index (κ2) is 6.67. The van der Waals surface area contributed by atoms with Crippen molar-refractivity contribution in [2.24, 2.45) is 0 Å². The summed E-state index contributed by atoms with van der Waals surface area (Å²) in [5, 5.41) is 4.91. The number of benzene rings is 1. The Hall–Kier alpha value is -1.41. The van der Waals surface area contributed by atoms with Gasteiger partial charge in [-0.15, -0.1) is 0 Å². The lowest BCUT2D eigenvalue weighted by atomic mass is 9.97. The van der Waals surface area contributed by atoms with Gasteiger partial charge < -0.3 is 5.32 Å². The maximum atomic E-state index is 4.58. The van der Waals surface area contributed by atoms with Crippen molar-refractivity contribution in [1.82, 2.24) is 10.3 Å². The maximum Gasteiger partial charge on any atom is 0.0749 e. The van der Waals surface area contributed by atoms with Gasteiger partial charge in [0.1, 0.15) is 0 Å². The van der Waals surface area contributed by atoms with Gasteiger partial charge in [0.15, 0.2) is 0 Å². The minimum absolute atomic E-state index is 0.401. The number of unbranched alkanes of at least 4 members (excludes halogenated alkanes) is 1. The van der Waals surface area contributed by atoms with Gasteiger partial charge in [-0.1, -0.05) is 57.9 Å². The first-order valence-electron chi connectivity index (χ1n) is 7.32. The van der Waals surface area contributed by atoms with E-state index in [0.717, 1.165) is 5.52 Å². The topological polar surface area (TPSA) is 24.9 Å². The monoisotopic (exact) mass is 256 g/mol. The smallest absolute Gasteiger partial charge is 0.0749 e. The molecule has 102 valence electrons. The number of para-hydroxylation sites is 1. The van der Waals surface area contributed by atoms with E-state index in [1.165, 1.54) is 30.2 Å². The molecule has 1 atom stereocenters. The highest BCUT2D eigenvalue weighted by atomic mass is 14.9. The van der Waals surface area contributed by atoms with Gasteiger partial charge in [-0.05, 0) is 18.1 Å². The molecule has 1 N–H and O–H groups in total. The molecule has 1 aromatic heterocycles. The zero-order valence-electron chi connectivity index (χ0n) is 12.2. The summed E-state index contributed by atoms with van der Waals surface area (Å²) in [5.74, 6) is 0. The summed E-state index contributed by atoms with van der Waals surface area (Å²) in [6.07, 6.45) is 5.53. The number of hydrogen-bond acceptors (Lipinski definition) is 2. The molecule has 0 aliphatic rings. The van der Waals surface area contributed by atoms with Crippen molar-refractivity contribution in [3.05, 3.63) is 42.1 Å². The molecule has 0 saturated carbocycles. The van der Waals surface area contributed by atoms with Gasteiger partial charge in [-0.3, -0.25) is 4.98 Å². The summed E-state index contributed by atoms with van der Waals surface area (Å²) in [5.41, 5.74) is 2.47. The van der Waals surface area contributed by atoms with E-state index in [1.54, 1.807) is 0 Å². The SMILES string of the molecule is CCCCC(NC(C)C)c1cccc2cccnc12. The lowest BCUT2D eigenvalue weighted by Gasteiger charge is -2.22. The summed E-state index contributed by atoms with van der Waals surface area (Å²) in [6, 6.07) is 11.5. The van der Waals surface area contributed by atoms with Crippen LogP contribution in [0.3, 0.4) is 0 Å². The molecule has 1 aromatic carbocycles. The molecule has 0 aliphatic heterocycles. The van der Waals surface area contributed by atoms with E-state index in [9.17, 15) is 0 Å². The summed E-state index contributed by atoms with van der Waals surface area (Å²) in [6.45, 7) is 6.66. The molecule has 2 nitrogen and oxygen atoms in total. The Kier molecular flexibility index (Phi) is 4.92. The first kappa shape index (κ1) is 14.0. The molecule has 0 radical (unpaired) electrons. The van der Waals surface area contributed by atoms with Crippen molar-refractivity contribution in [2.45, 2.75) is 52.1 Å². The summed E-state index contributed by atoms with van der Waals surface area (Å²) < 4.78 is 0. The Morgan fingerprint density at radius 3 is 2.68 bits per heavy atom. The Morgan fingerprint density at radius 1 is 1.16 bits per heavy atom. The van der Waals surface area contributed by atoms with Crippen molar-refractivity contribution in [3.63, 3.8) is 0 Å². The molecule has 2 aromatic rings. The Bertz CT molecular complexity index is 514. The van der Waals surface area contributed by atoms with Gasteiger partial charge in [0, 0.05) is 23.7 Å². The Labute approximate surface area is 116 Å². The zero-order valence-corrected chi connectivity index (χ0v) is 12.2. The van der Waals surface area contributed by atoms with Gasteiger partial charge in [-0.25, -0.2) is 0 Å². The molecule has 0 saturated heterocycles. The van der Waals surface area contributed by atoms with Crippen LogP contribution in [0.5, 0.6) is 0 Å². The van der Waals surface area contributed by atoms with Gasteiger partial charge in [-0.2, -0.15) is 0 Å². The molecule has 0 fully saturated rings. The van der Waals surface area contributed by atoms with Crippen LogP contribution in [0, 0.1) is 0 Å². The molecule has 1 heterocycles. The van der Waals surface area contributed by atoms with Crippen LogP contribution >= 0.6 is 0 Å². The minimum atomic E-state index is 0.401. The van der Waals surface area contributed by atoms with E-state index in [2.05, 4.69) is 55.3 Å². The molecule has 2 heteroatoms. The van der Waals surface area contributed by atoms with E-state index < -0.39 is 0 Å². The van der Waals surface area contributed by atoms with Crippen LogP contribution in [-0.2, 0) is 0 Å². The third-order valence-electron chi connectivity index (χ3n) is 3.42. The molecule has 0 bridgehead atoms. The quantitative estimate of drug-likeness (QED) is 0.825. The molecule has 19 heavy (non-hydrogen) atoms. The fourth-order valence-corrected chi connectivity index (χ4v) is 2.55. The minimum Gasteiger partial charge on any atom is -0.308 e. The number of fused-ring (bicyclic) bond motifs is 1. The Morgan fingerprint density at radius 2 is 1.95 bits per heavy atom. The lowest BCUT2D eigenvalue weighted by molar-refractivity contribution is 0.442. The highest BCUT2D eigenvalue weighted by molar-refractivity contribution is 5.82. The summed E-state index contributed by atoms with van der Waals surface area (Å²) >= 11 is 0. The van der Waals surface area contributed by atoms with Crippen molar-refractivity contribution >= 4 is 10.9 Å². The van der Waals surface area contributed by atoms with Crippen LogP contribution < -0.4 is 5.32 Å². The maximum absolute atomic E-state index is 4.58. The van der Waals surface area contributed by atoms with Crippen LogP contribution in [-0.4, -0.2) is 11.0 Å². The number of hydrogen-bond donors (Lipinski definition) is 1. The summed E-state index contributed by atoms with van der Waals surface area (Å²) in [7, 11) is 0. The molecule has 0 aliphatic carbocycles. The molecular weight excluding hydrogens is 232 g/mol. The van der Waals surface area contributed by atoms with Gasteiger partial charge in [0.05, 0.1) is 5.52 Å². The van der Waals surface area contributed by atoms with E-state index in [-0.39, 0.29) is 0 Å². The van der Waals surface area contributed by atoms with E-state index in [0.29, 0.717) is 12.1 Å². The largest absolute Gasteiger partial charge is 0.308 e. The summed E-state index contributed by atoms with van der Waals surface area (Å²) in [4.78, 5) is 4.58. The van der Waals surface area contributed by atoms with Crippen LogP contribution in [0.25, 0.3) is 10.9 Å². The first-order chi connectivity index (χ1) is 9.22. The van der Waals surface area contributed by atoms with Crippen molar-refractivity contribution in [3.8, 4) is 0 Å². The van der Waals surface area contributed by atoms with Crippen molar-refractivity contribution in [1.29, 1.82) is 0 Å². The normalized spacial score (nSPS) is 13.1. The van der Waals surface area contributed by atoms with Crippen LogP contribution in [0.15, 0.2) is 36.5 Å². The fourth-order valence-electron chi connectivity index (χ4n) is 2.55. The van der Waals surface area contributed by atoms with E-state index in [4.69, 9.17) is 0 Å². The molecule has 2 rings (SSSR count). The van der Waals surface area contributed by atoms with Gasteiger partial charge in [0.25, 0.3) is 0 Å². The predicted molar refractivity (Wildman–Crippen MR) is 82.3 cm³/mol. The molecule has 1 unspecified atom stereocenters. The first-order valence-corrected chi connectivity index (χ1v) is 7.32. The second-order valence-corrected chi connectivity index (χ2v) is 5.44. The standard InChI is InChI=1S/C17H24N2/c1-4-5-11-16(19-13(2)3)15-10-6-8-14-9-7-12-18-17(14)15/h6-10,12-13,16,19H,4-5,11H2,1-3H3. The van der Waals surface area contributed by atoms with Crippen LogP contribution in [0.1, 0.15) is 51.6 Å². The number of pyridine rings is 1. The fraction of sp³-hybridized carbons (Fsp3) is 0.471. The van der Waals surface area contributed by atoms with E-state index in [1.807, 2.05) is 12.3 Å². The number of rotatable bonds is 6. The van der Waals surface area contributed by atoms with Crippen molar-refractivity contribution < 1.29 is 0 Å². The van der Waals surface area contributed by atoms with Gasteiger partial charge >= 0.3 is 0 Å². The van der Waals surface area contributed by atoms with Crippen molar-refractivity contribution in [2.75, 3.05) is 0 Å². The third kappa shape index (κ3) is 3.54. The lowest BCUT2D eigenvalue weighted by Crippen LogP contribution is -2.28. The molecule has 0 amide bonds. The third-order valence-corrected chi connectivity index (χ3v) is 3.42. The predicted octanol–water partition coefficient (Wildman–Crippen LogP) is 4.46. The van der Waals surface area contributed by atoms with Crippen LogP contribution in [0.4, 0.5) is 0 Å².